The first-order valence-corrected chi connectivity index (χ1v) is 6.58. The summed E-state index contributed by atoms with van der Waals surface area (Å²) in [5.41, 5.74) is 7.80. The van der Waals surface area contributed by atoms with E-state index in [9.17, 15) is 4.39 Å². The van der Waals surface area contributed by atoms with Gasteiger partial charge in [0.25, 0.3) is 0 Å². The normalized spacial score (nSPS) is 24.6. The van der Waals surface area contributed by atoms with E-state index in [0.29, 0.717) is 11.7 Å². The van der Waals surface area contributed by atoms with Gasteiger partial charge in [0.2, 0.25) is 0 Å². The number of imidazole rings is 1. The van der Waals surface area contributed by atoms with Crippen LogP contribution in [0.3, 0.4) is 0 Å². The van der Waals surface area contributed by atoms with Crippen molar-refractivity contribution in [3.05, 3.63) is 29.8 Å². The molecule has 1 saturated carbocycles. The van der Waals surface area contributed by atoms with Gasteiger partial charge in [-0.25, -0.2) is 9.37 Å². The molecule has 1 fully saturated rings. The summed E-state index contributed by atoms with van der Waals surface area (Å²) in [6.45, 7) is 2.29. The van der Waals surface area contributed by atoms with E-state index in [1.165, 1.54) is 25.1 Å². The highest BCUT2D eigenvalue weighted by Crippen LogP contribution is 2.37. The predicted molar refractivity (Wildman–Crippen MR) is 69.9 cm³/mol. The molecular weight excluding hydrogens is 229 g/mol. The van der Waals surface area contributed by atoms with Gasteiger partial charge < -0.3 is 5.73 Å². The molecule has 0 bridgehead atoms. The van der Waals surface area contributed by atoms with Crippen LogP contribution >= 0.6 is 0 Å². The number of nitrogens with zero attached hydrogens (tertiary/aromatic N) is 2. The highest BCUT2D eigenvalue weighted by Gasteiger charge is 2.24. The topological polar surface area (TPSA) is 43.3 Å². The average Bonchev–Trinajstić information content (AvgIpc) is 2.68. The van der Waals surface area contributed by atoms with E-state index in [4.69, 9.17) is 5.73 Å². The molecule has 2 aromatic rings. The monoisotopic (exact) mass is 247 g/mol. The van der Waals surface area contributed by atoms with Crippen molar-refractivity contribution in [3.8, 4) is 0 Å². The molecule has 0 amide bonds. The van der Waals surface area contributed by atoms with Gasteiger partial charge in [0.05, 0.1) is 5.69 Å². The van der Waals surface area contributed by atoms with Crippen molar-refractivity contribution in [1.29, 1.82) is 0 Å². The molecule has 0 radical (unpaired) electrons. The Hall–Kier alpha value is -1.58. The number of aromatic nitrogens is 2. The Labute approximate surface area is 106 Å². The lowest BCUT2D eigenvalue weighted by Crippen LogP contribution is -2.12. The van der Waals surface area contributed by atoms with Crippen LogP contribution in [0, 0.1) is 11.7 Å². The number of anilines is 1. The quantitative estimate of drug-likeness (QED) is 0.839. The second kappa shape index (κ2) is 4.26. The summed E-state index contributed by atoms with van der Waals surface area (Å²) in [6, 6.07) is 3.11. The third-order valence-electron chi connectivity index (χ3n) is 4.05. The van der Waals surface area contributed by atoms with E-state index in [0.717, 1.165) is 30.1 Å². The summed E-state index contributed by atoms with van der Waals surface area (Å²) in [6.07, 6.45) is 6.14. The Morgan fingerprint density at radius 1 is 1.28 bits per heavy atom. The molecule has 0 unspecified atom stereocenters. The molecule has 1 aliphatic carbocycles. The van der Waals surface area contributed by atoms with Crippen LogP contribution in [0.1, 0.15) is 44.2 Å². The first-order chi connectivity index (χ1) is 8.65. The first kappa shape index (κ1) is 11.5. The number of hydrogen-bond acceptors (Lipinski definition) is 2. The molecule has 0 aliphatic heterocycles. The van der Waals surface area contributed by atoms with Gasteiger partial charge in [-0.05, 0) is 30.9 Å². The first-order valence-electron chi connectivity index (χ1n) is 6.58. The smallest absolute Gasteiger partial charge is 0.140 e. The molecule has 2 N–H and O–H groups in total. The molecule has 1 aliphatic rings. The van der Waals surface area contributed by atoms with Crippen LogP contribution < -0.4 is 5.73 Å². The number of hydrogen-bond donors (Lipinski definition) is 1. The van der Waals surface area contributed by atoms with E-state index in [1.54, 1.807) is 10.5 Å². The molecule has 2 aromatic heterocycles. The molecule has 96 valence electrons. The minimum Gasteiger partial charge on any atom is -0.383 e. The van der Waals surface area contributed by atoms with Crippen molar-refractivity contribution in [2.24, 2.45) is 5.92 Å². The van der Waals surface area contributed by atoms with E-state index < -0.39 is 0 Å². The fraction of sp³-hybridized carbons (Fsp3) is 0.500. The van der Waals surface area contributed by atoms with Crippen molar-refractivity contribution >= 4 is 11.5 Å². The Kier molecular flexibility index (Phi) is 2.73. The molecular formula is C14H18FN3. The zero-order valence-corrected chi connectivity index (χ0v) is 10.6. The van der Waals surface area contributed by atoms with E-state index in [-0.39, 0.29) is 5.82 Å². The summed E-state index contributed by atoms with van der Waals surface area (Å²) < 4.78 is 14.9. The van der Waals surface area contributed by atoms with Gasteiger partial charge >= 0.3 is 0 Å². The van der Waals surface area contributed by atoms with Crippen molar-refractivity contribution in [2.45, 2.75) is 38.5 Å². The third kappa shape index (κ3) is 1.85. The zero-order chi connectivity index (χ0) is 12.7. The van der Waals surface area contributed by atoms with Crippen molar-refractivity contribution < 1.29 is 4.39 Å². The molecule has 0 aromatic carbocycles. The maximum Gasteiger partial charge on any atom is 0.140 e. The van der Waals surface area contributed by atoms with Crippen LogP contribution in [0.5, 0.6) is 0 Å². The second-order valence-electron chi connectivity index (χ2n) is 5.41. The van der Waals surface area contributed by atoms with Crippen LogP contribution in [0.2, 0.25) is 0 Å². The van der Waals surface area contributed by atoms with Crippen LogP contribution in [0.25, 0.3) is 5.65 Å². The molecule has 18 heavy (non-hydrogen) atoms. The summed E-state index contributed by atoms with van der Waals surface area (Å²) in [4.78, 5) is 4.57. The van der Waals surface area contributed by atoms with Crippen molar-refractivity contribution in [2.75, 3.05) is 5.73 Å². The van der Waals surface area contributed by atoms with Crippen molar-refractivity contribution in [1.82, 2.24) is 9.38 Å². The minimum absolute atomic E-state index is 0.282. The summed E-state index contributed by atoms with van der Waals surface area (Å²) in [5.74, 6) is 1.56. The number of halogens is 1. The van der Waals surface area contributed by atoms with Crippen LogP contribution in [-0.2, 0) is 0 Å². The summed E-state index contributed by atoms with van der Waals surface area (Å²) in [7, 11) is 0. The highest BCUT2D eigenvalue weighted by molar-refractivity contribution is 5.53. The van der Waals surface area contributed by atoms with Gasteiger partial charge in [-0.2, -0.15) is 0 Å². The fourth-order valence-corrected chi connectivity index (χ4v) is 2.89. The Balaban J connectivity index is 1.99. The largest absolute Gasteiger partial charge is 0.383 e. The molecule has 0 spiro atoms. The van der Waals surface area contributed by atoms with Crippen LogP contribution in [0.15, 0.2) is 18.3 Å². The number of rotatable bonds is 1. The van der Waals surface area contributed by atoms with E-state index >= 15 is 0 Å². The lowest BCUT2D eigenvalue weighted by Gasteiger charge is -2.25. The zero-order valence-electron chi connectivity index (χ0n) is 10.6. The van der Waals surface area contributed by atoms with Crippen LogP contribution in [0.4, 0.5) is 10.2 Å². The van der Waals surface area contributed by atoms with Gasteiger partial charge in [-0.3, -0.25) is 4.40 Å². The Morgan fingerprint density at radius 3 is 2.72 bits per heavy atom. The number of nitrogen functional groups attached to an aromatic ring is 1. The van der Waals surface area contributed by atoms with Gasteiger partial charge in [-0.15, -0.1) is 0 Å². The standard InChI is InChI=1S/C14H18FN3/c1-9-2-4-10(5-3-9)13-14(16)18-8-11(15)6-7-12(18)17-13/h6-10H,2-5,16H2,1H3. The molecule has 3 nitrogen and oxygen atoms in total. The van der Waals surface area contributed by atoms with E-state index in [1.807, 2.05) is 0 Å². The fourth-order valence-electron chi connectivity index (χ4n) is 2.89. The molecule has 3 rings (SSSR count). The highest BCUT2D eigenvalue weighted by atomic mass is 19.1. The summed E-state index contributed by atoms with van der Waals surface area (Å²) >= 11 is 0. The average molecular weight is 247 g/mol. The van der Waals surface area contributed by atoms with Gasteiger partial charge in [0, 0.05) is 12.1 Å². The van der Waals surface area contributed by atoms with Gasteiger partial charge in [0.15, 0.2) is 0 Å². The predicted octanol–water partition coefficient (Wildman–Crippen LogP) is 3.35. The van der Waals surface area contributed by atoms with E-state index in [2.05, 4.69) is 11.9 Å². The maximum atomic E-state index is 13.2. The minimum atomic E-state index is -0.282. The second-order valence-corrected chi connectivity index (χ2v) is 5.41. The van der Waals surface area contributed by atoms with Gasteiger partial charge in [-0.1, -0.05) is 19.8 Å². The lowest BCUT2D eigenvalue weighted by molar-refractivity contribution is 0.345. The van der Waals surface area contributed by atoms with Gasteiger partial charge in [0.1, 0.15) is 17.3 Å². The lowest BCUT2D eigenvalue weighted by atomic mass is 9.81. The molecule has 0 saturated heterocycles. The molecule has 4 heteroatoms. The Bertz CT molecular complexity index is 568. The van der Waals surface area contributed by atoms with Crippen molar-refractivity contribution in [3.63, 3.8) is 0 Å². The number of fused-ring (bicyclic) bond motifs is 1. The number of pyridine rings is 1. The Morgan fingerprint density at radius 2 is 2.00 bits per heavy atom. The SMILES string of the molecule is CC1CCC(c2nc3ccc(F)cn3c2N)CC1. The summed E-state index contributed by atoms with van der Waals surface area (Å²) in [5, 5.41) is 0. The number of nitrogens with two attached hydrogens (primary N) is 1. The maximum absolute atomic E-state index is 13.2. The third-order valence-corrected chi connectivity index (χ3v) is 4.05. The van der Waals surface area contributed by atoms with Crippen LogP contribution in [-0.4, -0.2) is 9.38 Å². The molecule has 0 atom stereocenters. The molecule has 2 heterocycles.